The van der Waals surface area contributed by atoms with E-state index in [0.29, 0.717) is 0 Å². The van der Waals surface area contributed by atoms with Gasteiger partial charge in [0.05, 0.1) is 5.92 Å². The highest BCUT2D eigenvalue weighted by atomic mass is 16.5. The second-order valence-electron chi connectivity index (χ2n) is 12.4. The van der Waals surface area contributed by atoms with Gasteiger partial charge >= 0.3 is 0 Å². The van der Waals surface area contributed by atoms with E-state index in [1.165, 1.54) is 76.5 Å². The molecule has 0 saturated heterocycles. The zero-order chi connectivity index (χ0) is 29.5. The maximum atomic E-state index is 6.68. The Kier molecular flexibility index (Phi) is 5.18. The van der Waals surface area contributed by atoms with Gasteiger partial charge in [-0.2, -0.15) is 0 Å². The number of benzene rings is 7. The molecule has 3 aliphatic rings. The van der Waals surface area contributed by atoms with E-state index >= 15 is 0 Å². The molecule has 7 aromatic carbocycles. The van der Waals surface area contributed by atoms with Crippen LogP contribution in [0.15, 0.2) is 169 Å². The molecule has 1 nitrogen and oxygen atoms in total. The Morgan fingerprint density at radius 1 is 0.489 bits per heavy atom. The highest BCUT2D eigenvalue weighted by molar-refractivity contribution is 6.27. The summed E-state index contributed by atoms with van der Waals surface area (Å²) in [6, 6.07) is 44.7. The number of hydrogen-bond donors (Lipinski definition) is 0. The van der Waals surface area contributed by atoms with Gasteiger partial charge in [0.15, 0.2) is 0 Å². The van der Waals surface area contributed by atoms with Crippen LogP contribution in [-0.4, -0.2) is 0 Å². The molecule has 1 aliphatic heterocycles. The van der Waals surface area contributed by atoms with Gasteiger partial charge in [0.25, 0.3) is 0 Å². The van der Waals surface area contributed by atoms with Gasteiger partial charge in [0.1, 0.15) is 11.5 Å². The van der Waals surface area contributed by atoms with Crippen LogP contribution in [0.2, 0.25) is 0 Å². The van der Waals surface area contributed by atoms with Crippen LogP contribution in [0.25, 0.3) is 65.3 Å². The number of hydrogen-bond acceptors (Lipinski definition) is 1. The van der Waals surface area contributed by atoms with E-state index in [1.807, 2.05) is 0 Å². The molecule has 2 aliphatic carbocycles. The smallest absolute Gasteiger partial charge is 0.131 e. The summed E-state index contributed by atoms with van der Waals surface area (Å²) in [7, 11) is 0. The van der Waals surface area contributed by atoms with Crippen LogP contribution in [0, 0.1) is 5.92 Å². The van der Waals surface area contributed by atoms with Crippen molar-refractivity contribution in [1.82, 2.24) is 0 Å². The molecule has 2 unspecified atom stereocenters. The Morgan fingerprint density at radius 2 is 1.07 bits per heavy atom. The summed E-state index contributed by atoms with van der Waals surface area (Å²) in [4.78, 5) is 0. The quantitative estimate of drug-likeness (QED) is 0.187. The average molecular weight is 573 g/mol. The van der Waals surface area contributed by atoms with Crippen molar-refractivity contribution in [1.29, 1.82) is 0 Å². The van der Waals surface area contributed by atoms with Crippen LogP contribution in [-0.2, 0) is 0 Å². The lowest BCUT2D eigenvalue weighted by Crippen LogP contribution is -2.27. The fraction of sp³-hybridized carbons (Fsp3) is 0.0455. The SMILES string of the molecule is C1=CC2=CC=CC3c4ccc(-c5c6ccccc6c(-c6c7ccccc7cc7ccccc67)c6ccccc56)cc4OC(=C1)C23. The normalized spacial score (nSPS) is 18.0. The minimum absolute atomic E-state index is 0.259. The fourth-order valence-corrected chi connectivity index (χ4v) is 8.12. The highest BCUT2D eigenvalue weighted by Gasteiger charge is 2.37. The van der Waals surface area contributed by atoms with Crippen LogP contribution in [0.1, 0.15) is 11.5 Å². The van der Waals surface area contributed by atoms with E-state index < -0.39 is 0 Å². The lowest BCUT2D eigenvalue weighted by molar-refractivity contribution is 0.319. The first kappa shape index (κ1) is 24.7. The Balaban J connectivity index is 1.28. The van der Waals surface area contributed by atoms with Crippen molar-refractivity contribution in [2.24, 2.45) is 5.92 Å². The number of fused-ring (bicyclic) bond motifs is 6. The third-order valence-electron chi connectivity index (χ3n) is 10.0. The highest BCUT2D eigenvalue weighted by Crippen LogP contribution is 2.52. The molecule has 2 atom stereocenters. The fourth-order valence-electron chi connectivity index (χ4n) is 8.12. The number of rotatable bonds is 2. The van der Waals surface area contributed by atoms with Crippen LogP contribution in [0.4, 0.5) is 0 Å². The first-order valence-corrected chi connectivity index (χ1v) is 15.8. The van der Waals surface area contributed by atoms with Gasteiger partial charge in [-0.1, -0.05) is 140 Å². The second-order valence-corrected chi connectivity index (χ2v) is 12.4. The Labute approximate surface area is 261 Å². The molecule has 1 heterocycles. The Bertz CT molecular complexity index is 2410. The second kappa shape index (κ2) is 9.42. The molecule has 0 saturated carbocycles. The molecule has 0 bridgehead atoms. The molecule has 0 fully saturated rings. The monoisotopic (exact) mass is 572 g/mol. The molecule has 1 heteroatoms. The average Bonchev–Trinajstić information content (AvgIpc) is 3.10. The molecular formula is C44H28O. The zero-order valence-electron chi connectivity index (χ0n) is 24.6. The third-order valence-corrected chi connectivity index (χ3v) is 10.0. The predicted molar refractivity (Wildman–Crippen MR) is 189 cm³/mol. The maximum absolute atomic E-state index is 6.68. The predicted octanol–water partition coefficient (Wildman–Crippen LogP) is 11.7. The van der Waals surface area contributed by atoms with Gasteiger partial charge in [-0.15, -0.1) is 0 Å². The van der Waals surface area contributed by atoms with Crippen molar-refractivity contribution >= 4 is 43.1 Å². The van der Waals surface area contributed by atoms with Crippen LogP contribution >= 0.6 is 0 Å². The molecule has 210 valence electrons. The molecule has 0 aromatic heterocycles. The van der Waals surface area contributed by atoms with Crippen molar-refractivity contribution in [2.75, 3.05) is 0 Å². The van der Waals surface area contributed by atoms with Crippen LogP contribution in [0.5, 0.6) is 5.75 Å². The summed E-state index contributed by atoms with van der Waals surface area (Å²) < 4.78 is 6.68. The van der Waals surface area contributed by atoms with Crippen molar-refractivity contribution < 1.29 is 4.74 Å². The standard InChI is InChI=1S/C44H28O/c1-3-15-31-28(11-1)25-29-12-2-4-16-32(29)43(31)44-37-19-7-5-17-35(37)41(36-18-6-8-20-38(36)44)30-23-24-33-34-21-9-13-27-14-10-22-39(42(27)34)45-40(33)26-30/h1-26,34,42H. The summed E-state index contributed by atoms with van der Waals surface area (Å²) >= 11 is 0. The van der Waals surface area contributed by atoms with Crippen molar-refractivity contribution in [3.63, 3.8) is 0 Å². The molecule has 10 rings (SSSR count). The van der Waals surface area contributed by atoms with Crippen molar-refractivity contribution in [3.8, 4) is 28.0 Å². The molecule has 0 radical (unpaired) electrons. The number of allylic oxidation sites excluding steroid dienone is 7. The van der Waals surface area contributed by atoms with Crippen LogP contribution < -0.4 is 4.74 Å². The summed E-state index contributed by atoms with van der Waals surface area (Å²) in [5, 5.41) is 10.1. The number of ether oxygens (including phenoxy) is 1. The Hall–Kier alpha value is -5.66. The molecule has 45 heavy (non-hydrogen) atoms. The van der Waals surface area contributed by atoms with E-state index in [4.69, 9.17) is 4.74 Å². The van der Waals surface area contributed by atoms with Gasteiger partial charge in [-0.3, -0.25) is 0 Å². The van der Waals surface area contributed by atoms with Crippen molar-refractivity contribution in [2.45, 2.75) is 5.92 Å². The first-order valence-electron chi connectivity index (χ1n) is 15.8. The lowest BCUT2D eigenvalue weighted by atomic mass is 9.73. The van der Waals surface area contributed by atoms with Gasteiger partial charge in [-0.05, 0) is 89.1 Å². The summed E-state index contributed by atoms with van der Waals surface area (Å²) in [5.41, 5.74) is 7.60. The molecule has 0 N–H and O–H groups in total. The maximum Gasteiger partial charge on any atom is 0.131 e. The summed E-state index contributed by atoms with van der Waals surface area (Å²) in [5.74, 6) is 2.54. The molecule has 7 aromatic rings. The van der Waals surface area contributed by atoms with Crippen molar-refractivity contribution in [3.05, 3.63) is 175 Å². The molecular weight excluding hydrogens is 544 g/mol. The molecule has 0 spiro atoms. The van der Waals surface area contributed by atoms with E-state index in [1.54, 1.807) is 0 Å². The zero-order valence-corrected chi connectivity index (χ0v) is 24.6. The summed E-state index contributed by atoms with van der Waals surface area (Å²) in [6.45, 7) is 0. The lowest BCUT2D eigenvalue weighted by Gasteiger charge is -2.37. The van der Waals surface area contributed by atoms with Gasteiger partial charge < -0.3 is 4.74 Å². The summed E-state index contributed by atoms with van der Waals surface area (Å²) in [6.07, 6.45) is 13.2. The van der Waals surface area contributed by atoms with E-state index in [9.17, 15) is 0 Å². The van der Waals surface area contributed by atoms with E-state index in [0.717, 1.165) is 11.5 Å². The van der Waals surface area contributed by atoms with Crippen LogP contribution in [0.3, 0.4) is 0 Å². The van der Waals surface area contributed by atoms with E-state index in [-0.39, 0.29) is 11.8 Å². The van der Waals surface area contributed by atoms with Gasteiger partial charge in [-0.25, -0.2) is 0 Å². The minimum Gasteiger partial charge on any atom is -0.461 e. The minimum atomic E-state index is 0.259. The van der Waals surface area contributed by atoms with Gasteiger partial charge in [0.2, 0.25) is 0 Å². The largest absolute Gasteiger partial charge is 0.461 e. The topological polar surface area (TPSA) is 9.23 Å². The first-order chi connectivity index (χ1) is 22.3. The third kappa shape index (κ3) is 3.56. The van der Waals surface area contributed by atoms with Gasteiger partial charge in [0, 0.05) is 11.5 Å². The Morgan fingerprint density at radius 3 is 1.73 bits per heavy atom. The van der Waals surface area contributed by atoms with E-state index in [2.05, 4.69) is 158 Å². The molecule has 0 amide bonds.